The van der Waals surface area contributed by atoms with Gasteiger partial charge in [0.05, 0.1) is 19.7 Å². The van der Waals surface area contributed by atoms with Gasteiger partial charge in [0.2, 0.25) is 11.8 Å². The van der Waals surface area contributed by atoms with E-state index < -0.39 is 0 Å². The van der Waals surface area contributed by atoms with Gasteiger partial charge in [-0.25, -0.2) is 0 Å². The van der Waals surface area contributed by atoms with Gasteiger partial charge in [-0.1, -0.05) is 12.8 Å². The maximum atomic E-state index is 12.6. The number of amides is 2. The third-order valence-electron chi connectivity index (χ3n) is 5.09. The van der Waals surface area contributed by atoms with Gasteiger partial charge in [0.15, 0.2) is 0 Å². The molecule has 1 aliphatic heterocycles. The molecule has 1 atom stereocenters. The van der Waals surface area contributed by atoms with Gasteiger partial charge in [-0.05, 0) is 56.5 Å². The fourth-order valence-corrected chi connectivity index (χ4v) is 3.74. The van der Waals surface area contributed by atoms with Gasteiger partial charge in [-0.15, -0.1) is 0 Å². The Morgan fingerprint density at radius 3 is 2.52 bits per heavy atom. The molecule has 2 aliphatic rings. The highest BCUT2D eigenvalue weighted by Crippen LogP contribution is 2.21. The standard InChI is InChI=1S/C19H27N3O3/c1-25-16-10-8-15(9-11-16)21-19(24)17-7-4-12-22(17)13-18(23)20-14-5-2-3-6-14/h8-11,14,17H,2-7,12-13H2,1H3,(H,20,23)(H,21,24)/t17-/m0/s1. The smallest absolute Gasteiger partial charge is 0.241 e. The summed E-state index contributed by atoms with van der Waals surface area (Å²) in [7, 11) is 1.61. The molecule has 1 saturated heterocycles. The lowest BCUT2D eigenvalue weighted by Crippen LogP contribution is -2.46. The summed E-state index contributed by atoms with van der Waals surface area (Å²) < 4.78 is 5.12. The normalized spacial score (nSPS) is 21.2. The first-order valence-corrected chi connectivity index (χ1v) is 9.14. The van der Waals surface area contributed by atoms with Gasteiger partial charge in [0.25, 0.3) is 0 Å². The molecule has 2 N–H and O–H groups in total. The Hall–Kier alpha value is -2.08. The molecule has 3 rings (SSSR count). The molecule has 0 unspecified atom stereocenters. The quantitative estimate of drug-likeness (QED) is 0.829. The van der Waals surface area contributed by atoms with Crippen molar-refractivity contribution in [2.45, 2.75) is 50.6 Å². The van der Waals surface area contributed by atoms with Crippen LogP contribution in [-0.4, -0.2) is 49.0 Å². The number of benzene rings is 1. The minimum atomic E-state index is -0.239. The van der Waals surface area contributed by atoms with Crippen molar-refractivity contribution in [3.05, 3.63) is 24.3 Å². The number of ether oxygens (including phenoxy) is 1. The largest absolute Gasteiger partial charge is 0.497 e. The zero-order chi connectivity index (χ0) is 17.6. The summed E-state index contributed by atoms with van der Waals surface area (Å²) in [6.07, 6.45) is 6.28. The first-order valence-electron chi connectivity index (χ1n) is 9.14. The Morgan fingerprint density at radius 1 is 1.12 bits per heavy atom. The molecule has 2 amide bonds. The molecule has 6 heteroatoms. The molecule has 2 fully saturated rings. The predicted octanol–water partition coefficient (Wildman–Crippen LogP) is 2.16. The van der Waals surface area contributed by atoms with Gasteiger partial charge >= 0.3 is 0 Å². The molecule has 1 aliphatic carbocycles. The van der Waals surface area contributed by atoms with Crippen LogP contribution in [0.25, 0.3) is 0 Å². The van der Waals surface area contributed by atoms with Crippen LogP contribution in [0.15, 0.2) is 24.3 Å². The molecular formula is C19H27N3O3. The molecule has 25 heavy (non-hydrogen) atoms. The minimum Gasteiger partial charge on any atom is -0.497 e. The zero-order valence-electron chi connectivity index (χ0n) is 14.8. The molecule has 6 nitrogen and oxygen atoms in total. The maximum absolute atomic E-state index is 12.6. The Bertz CT molecular complexity index is 596. The number of nitrogens with one attached hydrogen (secondary N) is 2. The molecule has 1 aromatic carbocycles. The number of carbonyl (C=O) groups excluding carboxylic acids is 2. The van der Waals surface area contributed by atoms with Gasteiger partial charge in [-0.3, -0.25) is 14.5 Å². The summed E-state index contributed by atoms with van der Waals surface area (Å²) in [5.74, 6) is 0.747. The van der Waals surface area contributed by atoms with Crippen LogP contribution in [0.1, 0.15) is 38.5 Å². The van der Waals surface area contributed by atoms with Gasteiger partial charge < -0.3 is 15.4 Å². The van der Waals surface area contributed by atoms with Crippen LogP contribution in [0, 0.1) is 0 Å². The fraction of sp³-hybridized carbons (Fsp3) is 0.579. The minimum absolute atomic E-state index is 0.0380. The van der Waals surface area contributed by atoms with Crippen molar-refractivity contribution >= 4 is 17.5 Å². The molecule has 136 valence electrons. The average molecular weight is 345 g/mol. The van der Waals surface area contributed by atoms with Crippen molar-refractivity contribution in [1.82, 2.24) is 10.2 Å². The van der Waals surface area contributed by atoms with Crippen molar-refractivity contribution in [3.63, 3.8) is 0 Å². The van der Waals surface area contributed by atoms with Crippen LogP contribution in [0.2, 0.25) is 0 Å². The Morgan fingerprint density at radius 2 is 1.84 bits per heavy atom. The lowest BCUT2D eigenvalue weighted by Gasteiger charge is -2.24. The van der Waals surface area contributed by atoms with Crippen molar-refractivity contribution in [1.29, 1.82) is 0 Å². The highest BCUT2D eigenvalue weighted by molar-refractivity contribution is 5.95. The van der Waals surface area contributed by atoms with E-state index in [0.29, 0.717) is 12.6 Å². The topological polar surface area (TPSA) is 70.7 Å². The first-order chi connectivity index (χ1) is 12.2. The lowest BCUT2D eigenvalue weighted by molar-refractivity contribution is -0.125. The third kappa shape index (κ3) is 4.72. The van der Waals surface area contributed by atoms with Crippen molar-refractivity contribution < 1.29 is 14.3 Å². The molecule has 0 spiro atoms. The zero-order valence-corrected chi connectivity index (χ0v) is 14.8. The number of hydrogen-bond donors (Lipinski definition) is 2. The van der Waals surface area contributed by atoms with Crippen LogP contribution in [0.4, 0.5) is 5.69 Å². The predicted molar refractivity (Wildman–Crippen MR) is 96.6 cm³/mol. The van der Waals surface area contributed by atoms with E-state index in [1.165, 1.54) is 12.8 Å². The molecule has 0 bridgehead atoms. The number of rotatable bonds is 6. The second-order valence-corrected chi connectivity index (χ2v) is 6.90. The van der Waals surface area contributed by atoms with Crippen LogP contribution in [0.5, 0.6) is 5.75 Å². The summed E-state index contributed by atoms with van der Waals surface area (Å²) in [5, 5.41) is 6.05. The molecule has 0 aromatic heterocycles. The van der Waals surface area contributed by atoms with E-state index in [9.17, 15) is 9.59 Å². The number of likely N-dealkylation sites (tertiary alicyclic amines) is 1. The fourth-order valence-electron chi connectivity index (χ4n) is 3.74. The van der Waals surface area contributed by atoms with E-state index in [0.717, 1.165) is 43.7 Å². The van der Waals surface area contributed by atoms with Crippen LogP contribution in [-0.2, 0) is 9.59 Å². The Labute approximate surface area is 148 Å². The molecule has 0 radical (unpaired) electrons. The van der Waals surface area contributed by atoms with E-state index >= 15 is 0 Å². The van der Waals surface area contributed by atoms with E-state index in [-0.39, 0.29) is 17.9 Å². The monoisotopic (exact) mass is 345 g/mol. The second-order valence-electron chi connectivity index (χ2n) is 6.90. The number of carbonyl (C=O) groups is 2. The first kappa shape index (κ1) is 17.7. The average Bonchev–Trinajstić information content (AvgIpc) is 3.27. The van der Waals surface area contributed by atoms with Gasteiger partial charge in [0.1, 0.15) is 5.75 Å². The Kier molecular flexibility index (Phi) is 5.91. The Balaban J connectivity index is 1.52. The lowest BCUT2D eigenvalue weighted by atomic mass is 10.2. The van der Waals surface area contributed by atoms with E-state index in [4.69, 9.17) is 4.74 Å². The second kappa shape index (κ2) is 8.34. The van der Waals surface area contributed by atoms with Crippen molar-refractivity contribution in [2.75, 3.05) is 25.5 Å². The van der Waals surface area contributed by atoms with Gasteiger partial charge in [0, 0.05) is 11.7 Å². The molecular weight excluding hydrogens is 318 g/mol. The highest BCUT2D eigenvalue weighted by Gasteiger charge is 2.32. The number of anilines is 1. The summed E-state index contributed by atoms with van der Waals surface area (Å²) in [6, 6.07) is 7.36. The van der Waals surface area contributed by atoms with E-state index in [2.05, 4.69) is 10.6 Å². The summed E-state index contributed by atoms with van der Waals surface area (Å²) in [6.45, 7) is 1.09. The van der Waals surface area contributed by atoms with Crippen LogP contribution >= 0.6 is 0 Å². The van der Waals surface area contributed by atoms with Crippen LogP contribution in [0.3, 0.4) is 0 Å². The number of methoxy groups -OCH3 is 1. The van der Waals surface area contributed by atoms with E-state index in [1.54, 1.807) is 7.11 Å². The molecule has 1 heterocycles. The van der Waals surface area contributed by atoms with Gasteiger partial charge in [-0.2, -0.15) is 0 Å². The van der Waals surface area contributed by atoms with Crippen molar-refractivity contribution in [2.24, 2.45) is 0 Å². The van der Waals surface area contributed by atoms with Crippen molar-refractivity contribution in [3.8, 4) is 5.75 Å². The molecule has 1 aromatic rings. The third-order valence-corrected chi connectivity index (χ3v) is 5.09. The van der Waals surface area contributed by atoms with E-state index in [1.807, 2.05) is 29.2 Å². The number of nitrogens with zero attached hydrogens (tertiary/aromatic N) is 1. The SMILES string of the molecule is COc1ccc(NC(=O)[C@@H]2CCCN2CC(=O)NC2CCCC2)cc1. The summed E-state index contributed by atoms with van der Waals surface area (Å²) in [4.78, 5) is 26.8. The summed E-state index contributed by atoms with van der Waals surface area (Å²) in [5.41, 5.74) is 0.744. The summed E-state index contributed by atoms with van der Waals surface area (Å²) >= 11 is 0. The molecule has 1 saturated carbocycles. The number of hydrogen-bond acceptors (Lipinski definition) is 4. The maximum Gasteiger partial charge on any atom is 0.241 e. The van der Waals surface area contributed by atoms with Crippen LogP contribution < -0.4 is 15.4 Å². The highest BCUT2D eigenvalue weighted by atomic mass is 16.5.